The largest absolute Gasteiger partial charge is 0.481 e. The first-order valence-electron chi connectivity index (χ1n) is 8.64. The summed E-state index contributed by atoms with van der Waals surface area (Å²) in [4.78, 5) is 24.2. The minimum absolute atomic E-state index is 0.0704. The molecule has 1 amide bonds. The molecule has 1 saturated heterocycles. The van der Waals surface area contributed by atoms with Gasteiger partial charge in [0.15, 0.2) is 5.69 Å². The molecule has 2 heterocycles. The van der Waals surface area contributed by atoms with Crippen LogP contribution >= 0.6 is 0 Å². The Balaban J connectivity index is 1.73. The number of rotatable bonds is 5. The Morgan fingerprint density at radius 2 is 1.88 bits per heavy atom. The lowest BCUT2D eigenvalue weighted by Gasteiger charge is -2.32. The maximum atomic E-state index is 12.5. The number of carbonyl (C=O) groups excluding carboxylic acids is 1. The lowest BCUT2D eigenvalue weighted by Crippen LogP contribution is -2.46. The van der Waals surface area contributed by atoms with E-state index in [1.54, 1.807) is 10.7 Å². The fourth-order valence-electron chi connectivity index (χ4n) is 3.10. The van der Waals surface area contributed by atoms with Gasteiger partial charge in [-0.15, -0.1) is 0 Å². The zero-order chi connectivity index (χ0) is 18.7. The zero-order valence-electron chi connectivity index (χ0n) is 15.0. The summed E-state index contributed by atoms with van der Waals surface area (Å²) < 4.78 is 6.96. The number of carboxylic acid groups (broad SMARTS) is 1. The van der Waals surface area contributed by atoms with Crippen LogP contribution in [0.4, 0.5) is 0 Å². The van der Waals surface area contributed by atoms with Gasteiger partial charge in [0.2, 0.25) is 0 Å². The summed E-state index contributed by atoms with van der Waals surface area (Å²) in [5, 5.41) is 16.7. The highest BCUT2D eigenvalue weighted by Gasteiger charge is 2.40. The Bertz CT molecular complexity index is 805. The molecular formula is C19H23N3O4. The van der Waals surface area contributed by atoms with Crippen LogP contribution in [0.5, 0.6) is 0 Å². The molecule has 0 spiro atoms. The summed E-state index contributed by atoms with van der Waals surface area (Å²) >= 11 is 0. The van der Waals surface area contributed by atoms with Gasteiger partial charge in [-0.3, -0.25) is 9.59 Å². The summed E-state index contributed by atoms with van der Waals surface area (Å²) in [5.41, 5.74) is 2.15. The van der Waals surface area contributed by atoms with E-state index in [0.29, 0.717) is 26.1 Å². The quantitative estimate of drug-likeness (QED) is 0.855. The number of carboxylic acids is 1. The number of amides is 1. The Morgan fingerprint density at radius 1 is 1.23 bits per heavy atom. The molecule has 1 aromatic heterocycles. The van der Waals surface area contributed by atoms with Gasteiger partial charge in [0, 0.05) is 25.5 Å². The predicted octanol–water partition coefficient (Wildman–Crippen LogP) is 2.10. The molecule has 2 aromatic rings. The third kappa shape index (κ3) is 3.62. The van der Waals surface area contributed by atoms with Gasteiger partial charge in [0.05, 0.1) is 11.1 Å². The second-order valence-electron chi connectivity index (χ2n) is 6.80. The Morgan fingerprint density at radius 3 is 2.50 bits per heavy atom. The van der Waals surface area contributed by atoms with Gasteiger partial charge in [-0.1, -0.05) is 17.7 Å². The van der Waals surface area contributed by atoms with Crippen molar-refractivity contribution in [2.45, 2.75) is 26.7 Å². The first kappa shape index (κ1) is 18.1. The van der Waals surface area contributed by atoms with E-state index in [0.717, 1.165) is 16.9 Å². The molecule has 1 aliphatic heterocycles. The summed E-state index contributed by atoms with van der Waals surface area (Å²) in [6.07, 6.45) is 0.777. The normalized spacial score (nSPS) is 16.2. The van der Waals surface area contributed by atoms with E-state index in [1.165, 1.54) is 0 Å². The number of aromatic nitrogens is 2. The molecule has 1 aliphatic rings. The molecule has 2 N–H and O–H groups in total. The molecule has 0 bridgehead atoms. The van der Waals surface area contributed by atoms with Crippen LogP contribution in [-0.2, 0) is 9.53 Å². The highest BCUT2D eigenvalue weighted by atomic mass is 16.5. The number of hydrogen-bond acceptors (Lipinski definition) is 4. The van der Waals surface area contributed by atoms with Crippen molar-refractivity contribution in [2.24, 2.45) is 5.41 Å². The van der Waals surface area contributed by atoms with Crippen LogP contribution in [0.2, 0.25) is 0 Å². The maximum absolute atomic E-state index is 12.5. The average molecular weight is 357 g/mol. The van der Waals surface area contributed by atoms with E-state index in [2.05, 4.69) is 10.4 Å². The van der Waals surface area contributed by atoms with E-state index in [-0.39, 0.29) is 18.1 Å². The van der Waals surface area contributed by atoms with E-state index < -0.39 is 11.4 Å². The van der Waals surface area contributed by atoms with Crippen LogP contribution in [0.15, 0.2) is 30.3 Å². The van der Waals surface area contributed by atoms with E-state index in [4.69, 9.17) is 4.74 Å². The minimum atomic E-state index is -0.970. The number of hydrogen-bond donors (Lipinski definition) is 2. The Hall–Kier alpha value is -2.67. The maximum Gasteiger partial charge on any atom is 0.311 e. The van der Waals surface area contributed by atoms with E-state index >= 15 is 0 Å². The molecule has 7 nitrogen and oxygen atoms in total. The van der Waals surface area contributed by atoms with Gasteiger partial charge in [0.1, 0.15) is 0 Å². The number of benzene rings is 1. The number of nitrogens with zero attached hydrogens (tertiary/aromatic N) is 2. The zero-order valence-corrected chi connectivity index (χ0v) is 15.0. The van der Waals surface area contributed by atoms with Crippen LogP contribution in [-0.4, -0.2) is 46.5 Å². The van der Waals surface area contributed by atoms with Gasteiger partial charge >= 0.3 is 5.97 Å². The molecule has 7 heteroatoms. The molecular weight excluding hydrogens is 334 g/mol. The smallest absolute Gasteiger partial charge is 0.311 e. The van der Waals surface area contributed by atoms with Crippen LogP contribution in [0.25, 0.3) is 5.69 Å². The van der Waals surface area contributed by atoms with Crippen LogP contribution < -0.4 is 5.32 Å². The van der Waals surface area contributed by atoms with Crippen molar-refractivity contribution >= 4 is 11.9 Å². The van der Waals surface area contributed by atoms with Crippen LogP contribution in [0.3, 0.4) is 0 Å². The molecule has 3 rings (SSSR count). The number of carbonyl (C=O) groups is 2. The van der Waals surface area contributed by atoms with Gasteiger partial charge in [-0.25, -0.2) is 4.68 Å². The Labute approximate surface area is 152 Å². The third-order valence-corrected chi connectivity index (χ3v) is 4.89. The second kappa shape index (κ2) is 7.29. The second-order valence-corrected chi connectivity index (χ2v) is 6.80. The van der Waals surface area contributed by atoms with Crippen molar-refractivity contribution in [3.63, 3.8) is 0 Å². The summed E-state index contributed by atoms with van der Waals surface area (Å²) in [7, 11) is 0. The standard InChI is InChI=1S/C19H23N3O4/c1-13-3-5-15(6-4-13)22-14(2)11-16(21-22)17(23)20-12-19(18(24)25)7-9-26-10-8-19/h3-6,11H,7-10,12H2,1-2H3,(H,20,23)(H,24,25). The SMILES string of the molecule is Cc1ccc(-n2nc(C(=O)NCC3(C(=O)O)CCOCC3)cc2C)cc1. The molecule has 0 radical (unpaired) electrons. The van der Waals surface area contributed by atoms with Crippen molar-refractivity contribution < 1.29 is 19.4 Å². The molecule has 1 fully saturated rings. The monoisotopic (exact) mass is 357 g/mol. The van der Waals surface area contributed by atoms with Crippen molar-refractivity contribution in [1.29, 1.82) is 0 Å². The van der Waals surface area contributed by atoms with Crippen molar-refractivity contribution in [3.05, 3.63) is 47.3 Å². The van der Waals surface area contributed by atoms with Gasteiger partial charge in [0.25, 0.3) is 5.91 Å². The lowest BCUT2D eigenvalue weighted by atomic mass is 9.80. The highest BCUT2D eigenvalue weighted by Crippen LogP contribution is 2.30. The molecule has 0 unspecified atom stereocenters. The number of aliphatic carboxylic acids is 1. The van der Waals surface area contributed by atoms with E-state index in [1.807, 2.05) is 38.1 Å². The number of ether oxygens (including phenoxy) is 1. The topological polar surface area (TPSA) is 93.5 Å². The number of nitrogens with one attached hydrogen (secondary N) is 1. The van der Waals surface area contributed by atoms with Crippen molar-refractivity contribution in [3.8, 4) is 5.69 Å². The van der Waals surface area contributed by atoms with E-state index in [9.17, 15) is 14.7 Å². The minimum Gasteiger partial charge on any atom is -0.481 e. The fraction of sp³-hybridized carbons (Fsp3) is 0.421. The van der Waals surface area contributed by atoms with Crippen LogP contribution in [0.1, 0.15) is 34.6 Å². The summed E-state index contributed by atoms with van der Waals surface area (Å²) in [6, 6.07) is 9.56. The molecule has 138 valence electrons. The summed E-state index contributed by atoms with van der Waals surface area (Å²) in [6.45, 7) is 4.74. The molecule has 0 saturated carbocycles. The molecule has 26 heavy (non-hydrogen) atoms. The van der Waals surface area contributed by atoms with Crippen LogP contribution in [0, 0.1) is 19.3 Å². The average Bonchev–Trinajstić information content (AvgIpc) is 3.03. The molecule has 1 aromatic carbocycles. The fourth-order valence-corrected chi connectivity index (χ4v) is 3.10. The molecule has 0 aliphatic carbocycles. The lowest BCUT2D eigenvalue weighted by molar-refractivity contribution is -0.154. The van der Waals surface area contributed by atoms with Gasteiger partial charge in [-0.05, 0) is 44.9 Å². The highest BCUT2D eigenvalue weighted by molar-refractivity contribution is 5.92. The summed E-state index contributed by atoms with van der Waals surface area (Å²) in [5.74, 6) is -1.27. The molecule has 0 atom stereocenters. The van der Waals surface area contributed by atoms with Gasteiger partial charge in [-0.2, -0.15) is 5.10 Å². The first-order chi connectivity index (χ1) is 12.4. The van der Waals surface area contributed by atoms with Crippen molar-refractivity contribution in [1.82, 2.24) is 15.1 Å². The Kier molecular flexibility index (Phi) is 5.08. The predicted molar refractivity (Wildman–Crippen MR) is 95.5 cm³/mol. The van der Waals surface area contributed by atoms with Crippen molar-refractivity contribution in [2.75, 3.05) is 19.8 Å². The number of aryl methyl sites for hydroxylation is 2. The van der Waals surface area contributed by atoms with Gasteiger partial charge < -0.3 is 15.2 Å². The first-order valence-corrected chi connectivity index (χ1v) is 8.64. The third-order valence-electron chi connectivity index (χ3n) is 4.89.